The SMILES string of the molecule is C.CC[C@H]1O[C@@H](n2cnc3c(N)ncnc32)C(OCCCCCCN2C(=O)c3ccccc3C2=O)[C@H]1O.CO.N=N.Nc1ncnc2c1ncn2[C@@H]1O[C@H](CO)[C@H](O)C1O.Nc1ncnc2c1ncn2[C@@H]1O[C@H](CO)[C@H](O)C1OCCCCCCN1C(=O)c2ccccc2C1=O.O=C1c2ccccc2C(=O)N1CCCCCCO.[HH]. The number of amides is 6. The van der Waals surface area contributed by atoms with Crippen molar-refractivity contribution < 1.29 is 94.7 Å². The Balaban J connectivity index is 0.000000196. The molecule has 3 unspecified atom stereocenters. The fourth-order valence-electron chi connectivity index (χ4n) is 14.0. The van der Waals surface area contributed by atoms with Crippen LogP contribution in [-0.4, -0.2) is 264 Å². The Morgan fingerprint density at radius 3 is 1.01 bits per heavy atom. The largest absolute Gasteiger partial charge is 0.400 e. The minimum atomic E-state index is -1.19. The van der Waals surface area contributed by atoms with Crippen LogP contribution < -0.4 is 17.2 Å². The third-order valence-corrected chi connectivity index (χ3v) is 19.8. The number of carbonyl (C=O) groups is 6. The molecule has 12 atom stereocenters. The number of hydrogen-bond acceptors (Lipinski definition) is 33. The molecule has 6 aliphatic rings. The van der Waals surface area contributed by atoms with Gasteiger partial charge in [0.15, 0.2) is 53.1 Å². The van der Waals surface area contributed by atoms with Crippen molar-refractivity contribution >= 4 is 86.4 Å². The van der Waals surface area contributed by atoms with Crippen molar-refractivity contribution in [1.29, 1.82) is 11.1 Å². The third kappa shape index (κ3) is 18.8. The Hall–Kier alpha value is -10.8. The highest BCUT2D eigenvalue weighted by molar-refractivity contribution is 6.22. The number of nitrogens with zero attached hydrogens (tertiary/aromatic N) is 15. The van der Waals surface area contributed by atoms with Crippen molar-refractivity contribution in [1.82, 2.24) is 73.3 Å². The van der Waals surface area contributed by atoms with Crippen molar-refractivity contribution in [2.75, 3.05) is 77.0 Å². The standard InChI is InChI=1S/C25H30N6O5.C24H28N6O6.C14H17NO3.C10H13N5O4.CH4O.CH4.H2N2.H2/c1-2-17-19(32)20(25(36-17)31-14-29-18-21(26)27-13-28-22(18)31)35-12-8-4-3-7-11-30-23(33)15-9-5-6-10-16(15)24(30)34;25-20-17-21(27-12-26-20)30(13-28-17)24-19(18(32)16(11-31)36-24)35-10-6-2-1-5-9-29-22(33)14-7-3-4-8-15(14)23(29)34;16-10-6-2-1-5-9-15-13(17)11-7-3-4-8-12(11)14(15)18;11-8-5-9(13-2-12-8)15(3-14-5)10-7(18)6(17)4(1-16)19-10;1-2;;1-2;/h5-6,9-10,13-14,17,19-20,25,32H,2-4,7-8,11-12H2,1H3,(H2,26,27,28);3-4,7-8,12-13,16,18-19,24,31-32H,1-2,5-6,9-11H2,(H2,25,26,27);3-4,7-8,16H,1-2,5-6,9-10H2;2-4,6-7,10,16-18H,1H2,(H2,11,12,13);2H,1H3;1H4;1-2H;1H/t17-,19+,20?,25-;16-,18+,19?,24-;;4-,6+,7?,10-;;;;/m11.1..../s1. The number of hydrogen-bond donors (Lipinski definition) is 13. The molecule has 39 nitrogen and oxygen atoms in total. The number of nitrogens with one attached hydrogen (secondary N) is 2. The normalized spacial score (nSPS) is 22.5. The van der Waals surface area contributed by atoms with Crippen LogP contribution in [0.4, 0.5) is 17.5 Å². The van der Waals surface area contributed by atoms with Gasteiger partial charge in [0.25, 0.3) is 35.4 Å². The lowest BCUT2D eigenvalue weighted by Gasteiger charge is -2.22. The Kier molecular flexibility index (Phi) is 31.6. The first-order chi connectivity index (χ1) is 54.9. The number of rotatable bonds is 28. The Labute approximate surface area is 655 Å². The highest BCUT2D eigenvalue weighted by atomic mass is 16.6. The zero-order valence-electron chi connectivity index (χ0n) is 62.2. The summed E-state index contributed by atoms with van der Waals surface area (Å²) in [5.74, 6) is -0.548. The lowest BCUT2D eigenvalue weighted by molar-refractivity contribution is -0.0711. The minimum absolute atomic E-state index is 0. The van der Waals surface area contributed by atoms with E-state index in [1.807, 2.05) is 6.92 Å². The van der Waals surface area contributed by atoms with Crippen molar-refractivity contribution in [2.24, 2.45) is 0 Å². The second kappa shape index (κ2) is 41.3. The van der Waals surface area contributed by atoms with Crippen LogP contribution in [0.25, 0.3) is 33.5 Å². The van der Waals surface area contributed by atoms with Crippen molar-refractivity contribution in [2.45, 2.75) is 171 Å². The molecular weight excluding hydrogens is 1480 g/mol. The Bertz CT molecular complexity index is 4430. The fraction of sp³-hybridized carbons (Fsp3) is 0.480. The lowest BCUT2D eigenvalue weighted by atomic mass is 10.1. The van der Waals surface area contributed by atoms with E-state index in [0.717, 1.165) is 71.3 Å². The van der Waals surface area contributed by atoms with Gasteiger partial charge in [0.2, 0.25) is 0 Å². The van der Waals surface area contributed by atoms with Crippen LogP contribution >= 0.6 is 0 Å². The summed E-state index contributed by atoms with van der Waals surface area (Å²) in [6.45, 7) is 3.45. The van der Waals surface area contributed by atoms with Crippen molar-refractivity contribution in [3.8, 4) is 0 Å². The van der Waals surface area contributed by atoms with E-state index < -0.39 is 74.1 Å². The number of benzene rings is 3. The monoisotopic (exact) mass is 1580 g/mol. The molecule has 3 fully saturated rings. The predicted molar refractivity (Wildman–Crippen MR) is 409 cm³/mol. The van der Waals surface area contributed by atoms with Crippen LogP contribution in [0.5, 0.6) is 0 Å². The molecule has 9 aromatic rings. The van der Waals surface area contributed by atoms with E-state index in [2.05, 4.69) is 44.9 Å². The first-order valence-electron chi connectivity index (χ1n) is 37.0. The molecule has 0 spiro atoms. The van der Waals surface area contributed by atoms with Crippen LogP contribution in [0.2, 0.25) is 0 Å². The smallest absolute Gasteiger partial charge is 0.261 e. The van der Waals surface area contributed by atoms with Crippen molar-refractivity contribution in [3.05, 3.63) is 144 Å². The average molecular weight is 1590 g/mol. The van der Waals surface area contributed by atoms with E-state index >= 15 is 0 Å². The average Bonchev–Trinajstić information content (AvgIpc) is 1.62. The molecule has 16 N–H and O–H groups in total. The van der Waals surface area contributed by atoms with Crippen LogP contribution in [0.1, 0.15) is 180 Å². The molecule has 6 aliphatic heterocycles. The summed E-state index contributed by atoms with van der Waals surface area (Å²) in [7, 11) is 1.00. The van der Waals surface area contributed by atoms with Gasteiger partial charge in [-0.15, -0.1) is 0 Å². The van der Waals surface area contributed by atoms with Gasteiger partial charge in [-0.1, -0.05) is 89.3 Å². The number of nitrogens with two attached hydrogens (primary N) is 3. The third-order valence-electron chi connectivity index (χ3n) is 19.8. The number of aromatic nitrogens is 12. The number of carbonyl (C=O) groups excluding carboxylic acids is 6. The highest BCUT2D eigenvalue weighted by Gasteiger charge is 2.48. The number of aliphatic hydroxyl groups is 8. The molecule has 0 aliphatic carbocycles. The number of imidazole rings is 3. The molecule has 114 heavy (non-hydrogen) atoms. The summed E-state index contributed by atoms with van der Waals surface area (Å²) in [5.41, 5.74) is 33.0. The van der Waals surface area contributed by atoms with Crippen LogP contribution in [-0.2, 0) is 23.7 Å². The fourth-order valence-corrected chi connectivity index (χ4v) is 14.0. The van der Waals surface area contributed by atoms with Gasteiger partial charge in [0.05, 0.1) is 71.7 Å². The van der Waals surface area contributed by atoms with Gasteiger partial charge in [0.1, 0.15) is 84.4 Å². The second-order valence-corrected chi connectivity index (χ2v) is 26.7. The molecule has 39 heteroatoms. The zero-order valence-corrected chi connectivity index (χ0v) is 62.2. The first-order valence-corrected chi connectivity index (χ1v) is 37.0. The number of imide groups is 3. The quantitative estimate of drug-likeness (QED) is 0.0186. The van der Waals surface area contributed by atoms with Gasteiger partial charge >= 0.3 is 0 Å². The summed E-state index contributed by atoms with van der Waals surface area (Å²) < 4.78 is 34.3. The number of unbranched alkanes of at least 4 members (excludes halogenated alkanes) is 9. The molecule has 614 valence electrons. The molecule has 3 aromatic carbocycles. The zero-order chi connectivity index (χ0) is 81.0. The molecule has 0 bridgehead atoms. The maximum absolute atomic E-state index is 12.5. The van der Waals surface area contributed by atoms with Gasteiger partial charge in [0, 0.05) is 48.0 Å². The molecule has 15 rings (SSSR count). The van der Waals surface area contributed by atoms with Gasteiger partial charge in [-0.25, -0.2) is 55.9 Å². The summed E-state index contributed by atoms with van der Waals surface area (Å²) in [6.07, 6.45) is 9.02. The van der Waals surface area contributed by atoms with Gasteiger partial charge < -0.3 is 81.7 Å². The number of anilines is 3. The number of fused-ring (bicyclic) bond motifs is 6. The van der Waals surface area contributed by atoms with Gasteiger partial charge in [-0.3, -0.25) is 57.2 Å². The molecular formula is C75H100N20O19. The Morgan fingerprint density at radius 1 is 0.404 bits per heavy atom. The maximum atomic E-state index is 12.5. The number of aliphatic hydroxyl groups excluding tert-OH is 8. The Morgan fingerprint density at radius 2 is 0.693 bits per heavy atom. The molecule has 3 saturated heterocycles. The molecule has 12 heterocycles. The van der Waals surface area contributed by atoms with E-state index in [1.54, 1.807) is 88.3 Å². The second-order valence-electron chi connectivity index (χ2n) is 26.7. The lowest BCUT2D eigenvalue weighted by Crippen LogP contribution is -2.35. The van der Waals surface area contributed by atoms with Gasteiger partial charge in [-0.05, 0) is 81.3 Å². The van der Waals surface area contributed by atoms with E-state index in [9.17, 15) is 54.3 Å². The van der Waals surface area contributed by atoms with E-state index in [4.69, 9.17) is 67.3 Å². The van der Waals surface area contributed by atoms with Crippen molar-refractivity contribution in [3.63, 3.8) is 0 Å². The highest BCUT2D eigenvalue weighted by Crippen LogP contribution is 2.38. The summed E-state index contributed by atoms with van der Waals surface area (Å²) >= 11 is 0. The first kappa shape index (κ1) is 87.2. The molecule has 6 amide bonds. The van der Waals surface area contributed by atoms with E-state index in [1.165, 1.54) is 50.9 Å². The van der Waals surface area contributed by atoms with Crippen LogP contribution in [0, 0.1) is 11.1 Å². The van der Waals surface area contributed by atoms with E-state index in [0.29, 0.717) is 119 Å². The van der Waals surface area contributed by atoms with Crippen LogP contribution in [0.15, 0.2) is 111 Å². The molecule has 0 radical (unpaired) electrons. The molecule has 6 aromatic heterocycles. The minimum Gasteiger partial charge on any atom is -0.400 e. The summed E-state index contributed by atoms with van der Waals surface area (Å²) in [4.78, 5) is 115. The maximum Gasteiger partial charge on any atom is 0.261 e. The molecule has 0 saturated carbocycles. The van der Waals surface area contributed by atoms with Gasteiger partial charge in [-0.2, -0.15) is 0 Å². The summed E-state index contributed by atoms with van der Waals surface area (Å²) in [6, 6.07) is 20.7. The predicted octanol–water partition coefficient (Wildman–Crippen LogP) is 4.16. The number of nitrogen functional groups attached to an aromatic ring is 3. The van der Waals surface area contributed by atoms with E-state index in [-0.39, 0.29) is 81.1 Å². The van der Waals surface area contributed by atoms with Crippen LogP contribution in [0.3, 0.4) is 0 Å². The topological polar surface area (TPSA) is 577 Å². The number of ether oxygens (including phenoxy) is 5. The summed E-state index contributed by atoms with van der Waals surface area (Å²) in [5, 5.41) is 75.5.